The van der Waals surface area contributed by atoms with E-state index in [-0.39, 0.29) is 0 Å². The van der Waals surface area contributed by atoms with Crippen LogP contribution in [0.3, 0.4) is 0 Å². The van der Waals surface area contributed by atoms with Gasteiger partial charge in [0.15, 0.2) is 0 Å². The third-order valence-electron chi connectivity index (χ3n) is 2.79. The van der Waals surface area contributed by atoms with E-state index in [1.807, 2.05) is 7.05 Å². The van der Waals surface area contributed by atoms with Crippen molar-refractivity contribution in [3.8, 4) is 0 Å². The van der Waals surface area contributed by atoms with Crippen molar-refractivity contribution in [2.24, 2.45) is 0 Å². The fourth-order valence-electron chi connectivity index (χ4n) is 1.86. The van der Waals surface area contributed by atoms with Crippen LogP contribution in [0.25, 0.3) is 0 Å². The van der Waals surface area contributed by atoms with Crippen LogP contribution >= 0.6 is 0 Å². The Kier molecular flexibility index (Phi) is 6.90. The summed E-state index contributed by atoms with van der Waals surface area (Å²) in [7, 11) is 1.95. The molecule has 16 heavy (non-hydrogen) atoms. The summed E-state index contributed by atoms with van der Waals surface area (Å²) >= 11 is 0. The van der Waals surface area contributed by atoms with Gasteiger partial charge in [0.25, 0.3) is 0 Å². The molecule has 0 aromatic carbocycles. The number of nitrogens with zero attached hydrogens (tertiary/aromatic N) is 2. The average Bonchev–Trinajstić information content (AvgIpc) is 2.72. The quantitative estimate of drug-likeness (QED) is 0.652. The summed E-state index contributed by atoms with van der Waals surface area (Å²) in [5.74, 6) is 0. The third-order valence-corrected chi connectivity index (χ3v) is 2.79. The molecule has 0 saturated heterocycles. The standard InChI is InChI=1S/C13H25N3/c1-3-4-5-6-7-8-10-16-11-9-13(15-16)12-14-2/h9,11,14H,3-8,10,12H2,1-2H3. The van der Waals surface area contributed by atoms with Gasteiger partial charge in [0.05, 0.1) is 5.69 Å². The van der Waals surface area contributed by atoms with Gasteiger partial charge in [-0.1, -0.05) is 39.0 Å². The van der Waals surface area contributed by atoms with Crippen molar-refractivity contribution < 1.29 is 0 Å². The van der Waals surface area contributed by atoms with Gasteiger partial charge in [-0.3, -0.25) is 4.68 Å². The maximum absolute atomic E-state index is 4.49. The topological polar surface area (TPSA) is 29.9 Å². The molecule has 0 amide bonds. The van der Waals surface area contributed by atoms with Crippen molar-refractivity contribution in [2.75, 3.05) is 7.05 Å². The highest BCUT2D eigenvalue weighted by Gasteiger charge is 1.97. The highest BCUT2D eigenvalue weighted by atomic mass is 15.3. The van der Waals surface area contributed by atoms with Crippen LogP contribution in [0.5, 0.6) is 0 Å². The number of aryl methyl sites for hydroxylation is 1. The predicted octanol–water partition coefficient (Wildman–Crippen LogP) is 2.96. The molecular weight excluding hydrogens is 198 g/mol. The lowest BCUT2D eigenvalue weighted by atomic mass is 10.1. The van der Waals surface area contributed by atoms with Crippen LogP contribution in [0, 0.1) is 0 Å². The number of aromatic nitrogens is 2. The largest absolute Gasteiger partial charge is 0.314 e. The first-order valence-corrected chi connectivity index (χ1v) is 6.53. The van der Waals surface area contributed by atoms with E-state index in [0.717, 1.165) is 18.8 Å². The maximum atomic E-state index is 4.49. The molecule has 3 nitrogen and oxygen atoms in total. The third kappa shape index (κ3) is 5.31. The fraction of sp³-hybridized carbons (Fsp3) is 0.769. The summed E-state index contributed by atoms with van der Waals surface area (Å²) in [5.41, 5.74) is 1.13. The first-order chi connectivity index (χ1) is 7.86. The zero-order chi connectivity index (χ0) is 11.6. The average molecular weight is 223 g/mol. The van der Waals surface area contributed by atoms with Crippen molar-refractivity contribution in [1.82, 2.24) is 15.1 Å². The molecule has 0 radical (unpaired) electrons. The van der Waals surface area contributed by atoms with Crippen LogP contribution < -0.4 is 5.32 Å². The first kappa shape index (κ1) is 13.2. The fourth-order valence-corrected chi connectivity index (χ4v) is 1.86. The van der Waals surface area contributed by atoms with Crippen molar-refractivity contribution in [3.63, 3.8) is 0 Å². The molecule has 0 unspecified atom stereocenters. The number of rotatable bonds is 9. The maximum Gasteiger partial charge on any atom is 0.0762 e. The van der Waals surface area contributed by atoms with Gasteiger partial charge in [-0.2, -0.15) is 5.10 Å². The zero-order valence-electron chi connectivity index (χ0n) is 10.7. The van der Waals surface area contributed by atoms with Gasteiger partial charge in [0, 0.05) is 19.3 Å². The molecule has 0 spiro atoms. The van der Waals surface area contributed by atoms with Crippen LogP contribution in [0.15, 0.2) is 12.3 Å². The summed E-state index contributed by atoms with van der Waals surface area (Å²) in [4.78, 5) is 0. The summed E-state index contributed by atoms with van der Waals surface area (Å²) < 4.78 is 2.06. The van der Waals surface area contributed by atoms with Crippen molar-refractivity contribution in [3.05, 3.63) is 18.0 Å². The summed E-state index contributed by atoms with van der Waals surface area (Å²) in [5, 5.41) is 7.60. The summed E-state index contributed by atoms with van der Waals surface area (Å²) in [6.07, 6.45) is 10.1. The van der Waals surface area contributed by atoms with E-state index in [2.05, 4.69) is 34.3 Å². The molecule has 0 atom stereocenters. The Morgan fingerprint density at radius 1 is 1.19 bits per heavy atom. The Labute approximate surface area is 99.2 Å². The SMILES string of the molecule is CCCCCCCCn1ccc(CNC)n1. The van der Waals surface area contributed by atoms with Gasteiger partial charge < -0.3 is 5.32 Å². The molecule has 1 aromatic heterocycles. The van der Waals surface area contributed by atoms with Gasteiger partial charge in [-0.15, -0.1) is 0 Å². The second kappa shape index (κ2) is 8.34. The Balaban J connectivity index is 2.07. The molecule has 0 saturated carbocycles. The lowest BCUT2D eigenvalue weighted by Crippen LogP contribution is -2.07. The molecule has 0 aliphatic rings. The number of hydrogen-bond acceptors (Lipinski definition) is 2. The molecular formula is C13H25N3. The van der Waals surface area contributed by atoms with Crippen LogP contribution in [-0.2, 0) is 13.1 Å². The monoisotopic (exact) mass is 223 g/mol. The molecule has 0 aliphatic heterocycles. The smallest absolute Gasteiger partial charge is 0.0762 e. The number of nitrogens with one attached hydrogen (secondary N) is 1. The molecule has 3 heteroatoms. The molecule has 0 aliphatic carbocycles. The van der Waals surface area contributed by atoms with Gasteiger partial charge in [0.1, 0.15) is 0 Å². The molecule has 0 fully saturated rings. The Hall–Kier alpha value is -0.830. The van der Waals surface area contributed by atoms with Crippen LogP contribution in [0.4, 0.5) is 0 Å². The molecule has 1 aromatic rings. The molecule has 1 heterocycles. The van der Waals surface area contributed by atoms with Crippen molar-refractivity contribution in [1.29, 1.82) is 0 Å². The van der Waals surface area contributed by atoms with Crippen molar-refractivity contribution in [2.45, 2.75) is 58.5 Å². The van der Waals surface area contributed by atoms with Crippen LogP contribution in [0.2, 0.25) is 0 Å². The number of unbranched alkanes of at least 4 members (excludes halogenated alkanes) is 5. The van der Waals surface area contributed by atoms with E-state index >= 15 is 0 Å². The normalized spacial score (nSPS) is 10.9. The van der Waals surface area contributed by atoms with Gasteiger partial charge in [0.2, 0.25) is 0 Å². The summed E-state index contributed by atoms with van der Waals surface area (Å²) in [6.45, 7) is 4.19. The van der Waals surface area contributed by atoms with E-state index in [4.69, 9.17) is 0 Å². The lowest BCUT2D eigenvalue weighted by Gasteiger charge is -2.01. The molecule has 1 N–H and O–H groups in total. The Morgan fingerprint density at radius 3 is 2.69 bits per heavy atom. The highest BCUT2D eigenvalue weighted by molar-refractivity contribution is 4.97. The van der Waals surface area contributed by atoms with Crippen molar-refractivity contribution >= 4 is 0 Å². The second-order valence-electron chi connectivity index (χ2n) is 4.37. The Bertz CT molecular complexity index is 268. The lowest BCUT2D eigenvalue weighted by molar-refractivity contribution is 0.522. The Morgan fingerprint density at radius 2 is 1.94 bits per heavy atom. The zero-order valence-corrected chi connectivity index (χ0v) is 10.7. The van der Waals surface area contributed by atoms with Crippen LogP contribution in [0.1, 0.15) is 51.1 Å². The van der Waals surface area contributed by atoms with E-state index in [9.17, 15) is 0 Å². The van der Waals surface area contributed by atoms with E-state index in [1.54, 1.807) is 0 Å². The molecule has 1 rings (SSSR count). The highest BCUT2D eigenvalue weighted by Crippen LogP contribution is 2.06. The predicted molar refractivity (Wildman–Crippen MR) is 68.4 cm³/mol. The van der Waals surface area contributed by atoms with E-state index < -0.39 is 0 Å². The molecule has 0 bridgehead atoms. The van der Waals surface area contributed by atoms with Gasteiger partial charge in [-0.05, 0) is 19.5 Å². The minimum Gasteiger partial charge on any atom is -0.314 e. The minimum atomic E-state index is 0.865. The first-order valence-electron chi connectivity index (χ1n) is 6.53. The second-order valence-corrected chi connectivity index (χ2v) is 4.37. The van der Waals surface area contributed by atoms with Crippen LogP contribution in [-0.4, -0.2) is 16.8 Å². The van der Waals surface area contributed by atoms with Gasteiger partial charge in [-0.25, -0.2) is 0 Å². The van der Waals surface area contributed by atoms with E-state index in [1.165, 1.54) is 38.5 Å². The summed E-state index contributed by atoms with van der Waals surface area (Å²) in [6, 6.07) is 2.09. The van der Waals surface area contributed by atoms with E-state index in [0.29, 0.717) is 0 Å². The number of hydrogen-bond donors (Lipinski definition) is 1. The molecule has 92 valence electrons. The van der Waals surface area contributed by atoms with Gasteiger partial charge >= 0.3 is 0 Å². The minimum absolute atomic E-state index is 0.865.